The Balaban J connectivity index is 2.37. The number of amides is 2. The molecule has 4 atom stereocenters. The fourth-order valence-electron chi connectivity index (χ4n) is 2.99. The van der Waals surface area contributed by atoms with E-state index in [0.29, 0.717) is 17.1 Å². The van der Waals surface area contributed by atoms with Crippen LogP contribution >= 0.6 is 0 Å². The van der Waals surface area contributed by atoms with Crippen LogP contribution in [0, 0.1) is 12.3 Å². The van der Waals surface area contributed by atoms with Crippen LogP contribution in [-0.2, 0) is 19.6 Å². The Kier molecular flexibility index (Phi) is 7.50. The number of aromatic nitrogens is 1. The summed E-state index contributed by atoms with van der Waals surface area (Å²) in [5, 5.41) is 13.4. The molecule has 1 radical (unpaired) electrons. The van der Waals surface area contributed by atoms with Crippen molar-refractivity contribution in [2.45, 2.75) is 56.3 Å². The smallest absolute Gasteiger partial charge is 0.284 e. The van der Waals surface area contributed by atoms with Gasteiger partial charge in [-0.05, 0) is 38.3 Å². The summed E-state index contributed by atoms with van der Waals surface area (Å²) in [6.45, 7) is 3.63. The number of primary amides is 1. The van der Waals surface area contributed by atoms with Crippen molar-refractivity contribution in [2.75, 3.05) is 6.54 Å². The molecule has 0 unspecified atom stereocenters. The van der Waals surface area contributed by atoms with Crippen LogP contribution in [0.15, 0.2) is 29.4 Å². The van der Waals surface area contributed by atoms with Crippen LogP contribution in [0.4, 0.5) is 0 Å². The molecular weight excluding hydrogens is 384 g/mol. The summed E-state index contributed by atoms with van der Waals surface area (Å²) >= 11 is 0. The third-order valence-electron chi connectivity index (χ3n) is 4.83. The number of sulfonamides is 1. The summed E-state index contributed by atoms with van der Waals surface area (Å²) < 4.78 is 27.1. The van der Waals surface area contributed by atoms with Gasteiger partial charge in [-0.3, -0.25) is 9.59 Å². The molecule has 1 fully saturated rings. The Hall–Kier alpha value is -2.04. The number of nitrogens with zero attached hydrogens (tertiary/aromatic N) is 2. The Morgan fingerprint density at radius 1 is 1.43 bits per heavy atom. The van der Waals surface area contributed by atoms with E-state index < -0.39 is 39.9 Å². The third-order valence-corrected chi connectivity index (χ3v) is 6.56. The lowest BCUT2D eigenvalue weighted by molar-refractivity contribution is -0.126. The number of hydrogen-bond donors (Lipinski definition) is 3. The van der Waals surface area contributed by atoms with E-state index in [1.54, 1.807) is 13.0 Å². The molecule has 1 aliphatic rings. The van der Waals surface area contributed by atoms with Gasteiger partial charge in [-0.15, -0.1) is 0 Å². The monoisotopic (exact) mass is 411 g/mol. The van der Waals surface area contributed by atoms with Crippen LogP contribution in [0.3, 0.4) is 0 Å². The van der Waals surface area contributed by atoms with Crippen molar-refractivity contribution in [2.24, 2.45) is 11.7 Å². The number of nitrogens with two attached hydrogens (primary N) is 1. The number of aliphatic hydroxyl groups is 1. The molecule has 28 heavy (non-hydrogen) atoms. The zero-order valence-corrected chi connectivity index (χ0v) is 16.8. The highest BCUT2D eigenvalue weighted by Gasteiger charge is 2.40. The third kappa shape index (κ3) is 5.27. The van der Waals surface area contributed by atoms with Crippen LogP contribution in [-0.4, -0.2) is 59.4 Å². The van der Waals surface area contributed by atoms with Crippen LogP contribution in [0.25, 0.3) is 0 Å². The molecule has 0 spiro atoms. The van der Waals surface area contributed by atoms with Crippen LogP contribution in [0.5, 0.6) is 0 Å². The van der Waals surface area contributed by atoms with Gasteiger partial charge in [0.25, 0.3) is 10.0 Å². The van der Waals surface area contributed by atoms with Crippen molar-refractivity contribution in [1.29, 1.82) is 0 Å². The maximum Gasteiger partial charge on any atom is 0.284 e. The molecule has 2 rings (SSSR count). The Labute approximate surface area is 165 Å². The highest BCUT2D eigenvalue weighted by Crippen LogP contribution is 2.25. The van der Waals surface area contributed by atoms with Gasteiger partial charge in [-0.25, -0.2) is 9.29 Å². The standard InChI is InChI=1S/C18H27N4O5S/c1-12(18(19)25)6-9-17(24)22(14-8-7-13(2)21-11-15(14)23)28(26,27)16-5-3-4-10-20-16/h3-5,9-10,12-15,21,23H,6-8,11H2,1-2H3,(H2,19,25)/t12-,13-,14-,15+/m1/s1. The first-order chi connectivity index (χ1) is 13.1. The second-order valence-corrected chi connectivity index (χ2v) is 8.83. The zero-order chi connectivity index (χ0) is 20.9. The maximum absolute atomic E-state index is 13.2. The van der Waals surface area contributed by atoms with Gasteiger partial charge >= 0.3 is 0 Å². The molecule has 9 nitrogen and oxygen atoms in total. The van der Waals surface area contributed by atoms with Gasteiger partial charge in [0.2, 0.25) is 11.8 Å². The largest absolute Gasteiger partial charge is 0.390 e. The van der Waals surface area contributed by atoms with Crippen molar-refractivity contribution in [3.63, 3.8) is 0 Å². The van der Waals surface area contributed by atoms with Gasteiger partial charge in [-0.2, -0.15) is 8.42 Å². The molecular formula is C18H27N4O5S. The van der Waals surface area contributed by atoms with Crippen molar-refractivity contribution in [3.8, 4) is 0 Å². The van der Waals surface area contributed by atoms with Gasteiger partial charge < -0.3 is 16.2 Å². The number of pyridine rings is 1. The second-order valence-electron chi connectivity index (χ2n) is 7.07. The van der Waals surface area contributed by atoms with Crippen molar-refractivity contribution in [1.82, 2.24) is 14.6 Å². The summed E-state index contributed by atoms with van der Waals surface area (Å²) in [5.74, 6) is -2.02. The number of β-amino-alcohol motifs (C(OH)–C–C–N with tert-alkyl or cyclic N) is 1. The first-order valence-electron chi connectivity index (χ1n) is 9.18. The lowest BCUT2D eigenvalue weighted by Gasteiger charge is -2.32. The second kappa shape index (κ2) is 9.44. The zero-order valence-electron chi connectivity index (χ0n) is 16.0. The first kappa shape index (κ1) is 22.3. The number of carbonyl (C=O) groups excluding carboxylic acids is 2. The van der Waals surface area contributed by atoms with Crippen molar-refractivity contribution < 1.29 is 23.1 Å². The summed E-state index contributed by atoms with van der Waals surface area (Å²) in [4.78, 5) is 28.0. The molecule has 2 heterocycles. The fourth-order valence-corrected chi connectivity index (χ4v) is 4.55. The number of aliphatic hydroxyl groups excluding tert-OH is 1. The van der Waals surface area contributed by atoms with E-state index >= 15 is 0 Å². The predicted molar refractivity (Wildman–Crippen MR) is 102 cm³/mol. The van der Waals surface area contributed by atoms with Crippen LogP contribution in [0.1, 0.15) is 33.1 Å². The summed E-state index contributed by atoms with van der Waals surface area (Å²) in [7, 11) is -4.30. The molecule has 1 saturated heterocycles. The SMILES string of the molecule is C[C@@H]1CC[C@@H](N(C(=O)[CH]C[C@@H](C)C(N)=O)S(=O)(=O)c2ccccn2)[C@@H](O)CN1. The topological polar surface area (TPSA) is 143 Å². The number of hydrogen-bond acceptors (Lipinski definition) is 7. The van der Waals surface area contributed by atoms with Crippen LogP contribution in [0.2, 0.25) is 0 Å². The lowest BCUT2D eigenvalue weighted by atomic mass is 10.0. The molecule has 1 aliphatic heterocycles. The highest BCUT2D eigenvalue weighted by atomic mass is 32.2. The molecule has 1 aromatic rings. The van der Waals surface area contributed by atoms with E-state index in [4.69, 9.17) is 5.73 Å². The van der Waals surface area contributed by atoms with E-state index in [9.17, 15) is 23.1 Å². The Bertz CT molecular complexity index is 786. The number of nitrogens with one attached hydrogen (secondary N) is 1. The predicted octanol–water partition coefficient (Wildman–Crippen LogP) is -0.184. The molecule has 0 bridgehead atoms. The normalized spacial score (nSPS) is 24.2. The quantitative estimate of drug-likeness (QED) is 0.564. The van der Waals surface area contributed by atoms with Crippen molar-refractivity contribution >= 4 is 21.8 Å². The molecule has 0 saturated carbocycles. The van der Waals surface area contributed by atoms with Gasteiger partial charge in [0.15, 0.2) is 5.03 Å². The van der Waals surface area contributed by atoms with Gasteiger partial charge in [0.1, 0.15) is 0 Å². The van der Waals surface area contributed by atoms with E-state index in [2.05, 4.69) is 10.3 Å². The van der Waals surface area contributed by atoms with Crippen molar-refractivity contribution in [3.05, 3.63) is 30.8 Å². The lowest BCUT2D eigenvalue weighted by Crippen LogP contribution is -2.52. The van der Waals surface area contributed by atoms with Gasteiger partial charge in [-0.1, -0.05) is 13.0 Å². The number of carbonyl (C=O) groups is 2. The summed E-state index contributed by atoms with van der Waals surface area (Å²) in [6.07, 6.45) is 2.26. The fraction of sp³-hybridized carbons (Fsp3) is 0.556. The van der Waals surface area contributed by atoms with E-state index in [1.807, 2.05) is 6.92 Å². The van der Waals surface area contributed by atoms with E-state index in [0.717, 1.165) is 6.42 Å². The average molecular weight is 412 g/mol. The van der Waals surface area contributed by atoms with Gasteiger partial charge in [0.05, 0.1) is 18.6 Å². The Morgan fingerprint density at radius 2 is 2.14 bits per heavy atom. The summed E-state index contributed by atoms with van der Waals surface area (Å²) in [5.41, 5.74) is 5.22. The minimum absolute atomic E-state index is 0.000126. The van der Waals surface area contributed by atoms with Gasteiger partial charge in [0, 0.05) is 24.7 Å². The molecule has 155 valence electrons. The minimum Gasteiger partial charge on any atom is -0.390 e. The first-order valence-corrected chi connectivity index (χ1v) is 10.6. The average Bonchev–Trinajstić information content (AvgIpc) is 2.82. The van der Waals surface area contributed by atoms with Crippen LogP contribution < -0.4 is 11.1 Å². The Morgan fingerprint density at radius 3 is 2.75 bits per heavy atom. The molecule has 10 heteroatoms. The highest BCUT2D eigenvalue weighted by molar-refractivity contribution is 7.89. The molecule has 0 aromatic carbocycles. The van der Waals surface area contributed by atoms with E-state index in [-0.39, 0.29) is 24.0 Å². The minimum atomic E-state index is -4.30. The molecule has 2 amide bonds. The molecule has 4 N–H and O–H groups in total. The maximum atomic E-state index is 13.2. The molecule has 0 aliphatic carbocycles. The summed E-state index contributed by atoms with van der Waals surface area (Å²) in [6, 6.07) is 3.50. The van der Waals surface area contributed by atoms with E-state index in [1.165, 1.54) is 18.3 Å². The molecule has 1 aromatic heterocycles. The number of rotatable bonds is 7.